The first-order valence-electron chi connectivity index (χ1n) is 9.52. The molecule has 0 saturated heterocycles. The predicted molar refractivity (Wildman–Crippen MR) is 122 cm³/mol. The summed E-state index contributed by atoms with van der Waals surface area (Å²) < 4.78 is 1.86. The summed E-state index contributed by atoms with van der Waals surface area (Å²) in [6, 6.07) is 9.05. The minimum Gasteiger partial charge on any atom is -0.350 e. The van der Waals surface area contributed by atoms with Crippen molar-refractivity contribution in [2.75, 3.05) is 0 Å². The van der Waals surface area contributed by atoms with Gasteiger partial charge in [0.05, 0.1) is 21.0 Å². The van der Waals surface area contributed by atoms with E-state index < -0.39 is 0 Å². The fraction of sp³-hybridized carbons (Fsp3) is 0.333. The first kappa shape index (κ1) is 22.6. The molecule has 0 aliphatic carbocycles. The van der Waals surface area contributed by atoms with Gasteiger partial charge in [0, 0.05) is 23.5 Å². The van der Waals surface area contributed by atoms with Crippen molar-refractivity contribution in [1.29, 1.82) is 0 Å². The highest BCUT2D eigenvalue weighted by molar-refractivity contribution is 8.00. The molecular weight excluding hydrogens is 441 g/mol. The first-order valence-corrected chi connectivity index (χ1v) is 11.2. The minimum absolute atomic E-state index is 0.0570. The van der Waals surface area contributed by atoms with Crippen LogP contribution in [0.5, 0.6) is 0 Å². The van der Waals surface area contributed by atoms with E-state index in [4.69, 9.17) is 23.2 Å². The van der Waals surface area contributed by atoms with Crippen molar-refractivity contribution in [1.82, 2.24) is 25.1 Å². The fourth-order valence-corrected chi connectivity index (χ4v) is 3.78. The Bertz CT molecular complexity index is 1040. The summed E-state index contributed by atoms with van der Waals surface area (Å²) in [4.78, 5) is 16.9. The lowest BCUT2D eigenvalue weighted by Gasteiger charge is -2.26. The Hall–Kier alpha value is -2.09. The van der Waals surface area contributed by atoms with Gasteiger partial charge in [0.15, 0.2) is 11.0 Å². The van der Waals surface area contributed by atoms with Gasteiger partial charge >= 0.3 is 0 Å². The van der Waals surface area contributed by atoms with Gasteiger partial charge in [0.25, 0.3) is 0 Å². The second-order valence-corrected chi connectivity index (χ2v) is 9.59. The van der Waals surface area contributed by atoms with Crippen molar-refractivity contribution >= 4 is 40.9 Å². The molecule has 2 heterocycles. The third-order valence-corrected chi connectivity index (χ3v) is 6.49. The standard InChI is InChI=1S/C21H23Cl2N5OS/c1-5-21(3,4)25-19(29)13(2)30-20-27-26-18(14-7-6-10-24-12-14)28(20)15-8-9-16(22)17(23)11-15/h6-13H,5H2,1-4H3,(H,25,29). The zero-order chi connectivity index (χ0) is 21.9. The van der Waals surface area contributed by atoms with Crippen LogP contribution in [0.1, 0.15) is 34.1 Å². The van der Waals surface area contributed by atoms with E-state index in [0.29, 0.717) is 21.0 Å². The van der Waals surface area contributed by atoms with Crippen LogP contribution < -0.4 is 5.32 Å². The molecule has 0 spiro atoms. The molecule has 1 unspecified atom stereocenters. The predicted octanol–water partition coefficient (Wildman–Crippen LogP) is 5.42. The minimum atomic E-state index is -0.372. The summed E-state index contributed by atoms with van der Waals surface area (Å²) in [6.45, 7) is 7.89. The number of aromatic nitrogens is 4. The Balaban J connectivity index is 2.00. The van der Waals surface area contributed by atoms with E-state index >= 15 is 0 Å². The molecule has 2 aromatic heterocycles. The van der Waals surface area contributed by atoms with Crippen LogP contribution in [-0.2, 0) is 4.79 Å². The van der Waals surface area contributed by atoms with Gasteiger partial charge < -0.3 is 5.32 Å². The molecule has 0 saturated carbocycles. The Morgan fingerprint density at radius 3 is 2.63 bits per heavy atom. The second-order valence-electron chi connectivity index (χ2n) is 7.47. The number of thioether (sulfide) groups is 1. The van der Waals surface area contributed by atoms with E-state index in [1.54, 1.807) is 24.5 Å². The van der Waals surface area contributed by atoms with Gasteiger partial charge in [-0.25, -0.2) is 0 Å². The van der Waals surface area contributed by atoms with Crippen molar-refractivity contribution in [3.8, 4) is 17.1 Å². The lowest BCUT2D eigenvalue weighted by molar-refractivity contribution is -0.121. The molecule has 6 nitrogen and oxygen atoms in total. The van der Waals surface area contributed by atoms with Gasteiger partial charge in [-0.1, -0.05) is 41.9 Å². The molecule has 0 bridgehead atoms. The molecule has 30 heavy (non-hydrogen) atoms. The molecule has 1 aromatic carbocycles. The summed E-state index contributed by atoms with van der Waals surface area (Å²) in [5.41, 5.74) is 1.27. The SMILES string of the molecule is CCC(C)(C)NC(=O)C(C)Sc1nnc(-c2cccnc2)n1-c1ccc(Cl)c(Cl)c1. The molecule has 1 N–H and O–H groups in total. The summed E-state index contributed by atoms with van der Waals surface area (Å²) >= 11 is 13.7. The van der Waals surface area contributed by atoms with Crippen LogP contribution in [0.3, 0.4) is 0 Å². The van der Waals surface area contributed by atoms with Crippen molar-refractivity contribution in [3.63, 3.8) is 0 Å². The molecule has 1 atom stereocenters. The van der Waals surface area contributed by atoms with E-state index in [0.717, 1.165) is 17.7 Å². The van der Waals surface area contributed by atoms with Gasteiger partial charge in [-0.2, -0.15) is 0 Å². The third-order valence-electron chi connectivity index (χ3n) is 4.71. The lowest BCUT2D eigenvalue weighted by atomic mass is 10.0. The molecule has 1 amide bonds. The third kappa shape index (κ3) is 5.14. The molecule has 0 fully saturated rings. The highest BCUT2D eigenvalue weighted by Gasteiger charge is 2.25. The number of amides is 1. The maximum absolute atomic E-state index is 12.7. The highest BCUT2D eigenvalue weighted by Crippen LogP contribution is 2.32. The number of hydrogen-bond acceptors (Lipinski definition) is 5. The van der Waals surface area contributed by atoms with Gasteiger partial charge in [-0.3, -0.25) is 14.3 Å². The number of rotatable bonds is 7. The Kier molecular flexibility index (Phi) is 7.06. The van der Waals surface area contributed by atoms with E-state index in [9.17, 15) is 4.79 Å². The van der Waals surface area contributed by atoms with E-state index in [1.807, 2.05) is 50.5 Å². The molecule has 3 aromatic rings. The van der Waals surface area contributed by atoms with Crippen LogP contribution in [-0.4, -0.2) is 36.4 Å². The van der Waals surface area contributed by atoms with Gasteiger partial charge in [-0.05, 0) is 57.5 Å². The van der Waals surface area contributed by atoms with Crippen molar-refractivity contribution in [2.24, 2.45) is 0 Å². The molecule has 0 aliphatic heterocycles. The normalized spacial score (nSPS) is 12.6. The summed E-state index contributed by atoms with van der Waals surface area (Å²) in [5.74, 6) is 0.545. The van der Waals surface area contributed by atoms with Gasteiger partial charge in [-0.15, -0.1) is 10.2 Å². The van der Waals surface area contributed by atoms with Crippen molar-refractivity contribution in [2.45, 2.75) is 50.1 Å². The highest BCUT2D eigenvalue weighted by atomic mass is 35.5. The number of carbonyl (C=O) groups excluding carboxylic acids is 1. The Morgan fingerprint density at radius 1 is 1.23 bits per heavy atom. The molecule has 0 aliphatic rings. The van der Waals surface area contributed by atoms with Gasteiger partial charge in [0.2, 0.25) is 5.91 Å². The fourth-order valence-electron chi connectivity index (χ4n) is 2.62. The average Bonchev–Trinajstić information content (AvgIpc) is 3.14. The first-order chi connectivity index (χ1) is 14.2. The van der Waals surface area contributed by atoms with Crippen molar-refractivity contribution < 1.29 is 4.79 Å². The zero-order valence-electron chi connectivity index (χ0n) is 17.2. The number of carbonyl (C=O) groups is 1. The quantitative estimate of drug-likeness (QED) is 0.473. The number of pyridine rings is 1. The maximum atomic E-state index is 12.7. The molecule has 3 rings (SSSR count). The summed E-state index contributed by atoms with van der Waals surface area (Å²) in [6.07, 6.45) is 4.24. The monoisotopic (exact) mass is 463 g/mol. The van der Waals surface area contributed by atoms with Crippen LogP contribution in [0.2, 0.25) is 10.0 Å². The molecular formula is C21H23Cl2N5OS. The molecule has 0 radical (unpaired) electrons. The number of hydrogen-bond donors (Lipinski definition) is 1. The maximum Gasteiger partial charge on any atom is 0.233 e. The molecule has 158 valence electrons. The van der Waals surface area contributed by atoms with Crippen LogP contribution in [0.4, 0.5) is 0 Å². The smallest absolute Gasteiger partial charge is 0.233 e. The number of nitrogens with zero attached hydrogens (tertiary/aromatic N) is 4. The van der Waals surface area contributed by atoms with E-state index in [1.165, 1.54) is 11.8 Å². The number of benzene rings is 1. The second kappa shape index (κ2) is 9.37. The van der Waals surface area contributed by atoms with Crippen molar-refractivity contribution in [3.05, 3.63) is 52.8 Å². The number of halogens is 2. The largest absolute Gasteiger partial charge is 0.350 e. The lowest BCUT2D eigenvalue weighted by Crippen LogP contribution is -2.46. The average molecular weight is 464 g/mol. The van der Waals surface area contributed by atoms with Crippen LogP contribution in [0.15, 0.2) is 47.9 Å². The summed E-state index contributed by atoms with van der Waals surface area (Å²) in [7, 11) is 0. The molecule has 9 heteroatoms. The van der Waals surface area contributed by atoms with E-state index in [2.05, 4.69) is 20.5 Å². The topological polar surface area (TPSA) is 72.7 Å². The zero-order valence-corrected chi connectivity index (χ0v) is 19.5. The van der Waals surface area contributed by atoms with Gasteiger partial charge in [0.1, 0.15) is 0 Å². The van der Waals surface area contributed by atoms with Crippen LogP contribution >= 0.6 is 35.0 Å². The van der Waals surface area contributed by atoms with Crippen LogP contribution in [0, 0.1) is 0 Å². The Labute approximate surface area is 190 Å². The summed E-state index contributed by atoms with van der Waals surface area (Å²) in [5, 5.41) is 12.9. The van der Waals surface area contributed by atoms with E-state index in [-0.39, 0.29) is 16.7 Å². The number of nitrogens with one attached hydrogen (secondary N) is 1. The van der Waals surface area contributed by atoms with Crippen LogP contribution in [0.25, 0.3) is 17.1 Å². The Morgan fingerprint density at radius 2 is 2.00 bits per heavy atom.